The van der Waals surface area contributed by atoms with Crippen LogP contribution < -0.4 is 14.9 Å². The predicted molar refractivity (Wildman–Crippen MR) is 129 cm³/mol. The van der Waals surface area contributed by atoms with Gasteiger partial charge >= 0.3 is 0 Å². The van der Waals surface area contributed by atoms with Crippen LogP contribution in [-0.2, 0) is 11.4 Å². The Morgan fingerprint density at radius 2 is 1.87 bits per heavy atom. The van der Waals surface area contributed by atoms with Crippen LogP contribution in [0.5, 0.6) is 11.5 Å². The van der Waals surface area contributed by atoms with Gasteiger partial charge in [0, 0.05) is 4.90 Å². The molecule has 3 aromatic carbocycles. The fraction of sp³-hybridized carbons (Fsp3) is 0.167. The predicted octanol–water partition coefficient (Wildman–Crippen LogP) is 5.59. The molecule has 0 aromatic heterocycles. The van der Waals surface area contributed by atoms with Crippen molar-refractivity contribution in [1.82, 2.24) is 5.43 Å². The third kappa shape index (κ3) is 7.15. The van der Waals surface area contributed by atoms with E-state index in [1.54, 1.807) is 13.3 Å². The molecule has 0 saturated carbocycles. The molecule has 0 bridgehead atoms. The molecule has 3 rings (SSSR count). The Hall–Kier alpha value is -2.77. The number of carbonyl (C=O) groups is 1. The van der Waals surface area contributed by atoms with Gasteiger partial charge in [0.15, 0.2) is 11.5 Å². The number of nitrogens with one attached hydrogen (secondary N) is 1. The van der Waals surface area contributed by atoms with Crippen molar-refractivity contribution in [2.45, 2.75) is 18.4 Å². The van der Waals surface area contributed by atoms with Crippen molar-refractivity contribution in [2.75, 3.05) is 12.9 Å². The van der Waals surface area contributed by atoms with E-state index in [-0.39, 0.29) is 5.91 Å². The number of hydrogen-bond donors (Lipinski definition) is 1. The number of rotatable bonds is 9. The summed E-state index contributed by atoms with van der Waals surface area (Å²) in [5, 5.41) is 4.05. The second kappa shape index (κ2) is 11.6. The van der Waals surface area contributed by atoms with E-state index in [0.717, 1.165) is 20.5 Å². The number of methoxy groups -OCH3 is 1. The maximum Gasteiger partial charge on any atom is 0.250 e. The van der Waals surface area contributed by atoms with Crippen LogP contribution in [0.2, 0.25) is 0 Å². The van der Waals surface area contributed by atoms with E-state index in [1.807, 2.05) is 54.6 Å². The summed E-state index contributed by atoms with van der Waals surface area (Å²) in [6, 6.07) is 21.6. The molecule has 3 aromatic rings. The lowest BCUT2D eigenvalue weighted by molar-refractivity contribution is -0.118. The van der Waals surface area contributed by atoms with Crippen LogP contribution in [0.3, 0.4) is 0 Å². The highest BCUT2D eigenvalue weighted by molar-refractivity contribution is 9.10. The van der Waals surface area contributed by atoms with Gasteiger partial charge in [0.2, 0.25) is 5.91 Å². The molecule has 0 aliphatic rings. The number of amides is 1. The van der Waals surface area contributed by atoms with Crippen LogP contribution in [-0.4, -0.2) is 25.0 Å². The molecule has 5 nitrogen and oxygen atoms in total. The summed E-state index contributed by atoms with van der Waals surface area (Å²) >= 11 is 5.00. The van der Waals surface area contributed by atoms with Gasteiger partial charge in [0.1, 0.15) is 6.61 Å². The van der Waals surface area contributed by atoms with Crippen LogP contribution >= 0.6 is 27.7 Å². The number of nitrogens with zero attached hydrogens (tertiary/aromatic N) is 1. The van der Waals surface area contributed by atoms with Gasteiger partial charge in [0.05, 0.1) is 23.5 Å². The molecular weight excluding hydrogens is 476 g/mol. The number of hydrazone groups is 1. The molecule has 7 heteroatoms. The molecule has 31 heavy (non-hydrogen) atoms. The molecule has 1 N–H and O–H groups in total. The zero-order valence-electron chi connectivity index (χ0n) is 17.3. The maximum atomic E-state index is 12.0. The van der Waals surface area contributed by atoms with Gasteiger partial charge in [-0.2, -0.15) is 5.10 Å². The number of halogens is 1. The summed E-state index contributed by atoms with van der Waals surface area (Å²) < 4.78 is 12.2. The number of aryl methyl sites for hydroxylation is 1. The van der Waals surface area contributed by atoms with Crippen molar-refractivity contribution in [1.29, 1.82) is 0 Å². The summed E-state index contributed by atoms with van der Waals surface area (Å²) in [6.45, 7) is 2.48. The normalized spacial score (nSPS) is 10.8. The highest BCUT2D eigenvalue weighted by Gasteiger charge is 2.12. The van der Waals surface area contributed by atoms with Crippen molar-refractivity contribution in [3.63, 3.8) is 0 Å². The molecule has 0 atom stereocenters. The van der Waals surface area contributed by atoms with Crippen LogP contribution in [0.15, 0.2) is 81.2 Å². The van der Waals surface area contributed by atoms with E-state index >= 15 is 0 Å². The summed E-state index contributed by atoms with van der Waals surface area (Å²) in [5.74, 6) is 1.31. The topological polar surface area (TPSA) is 59.9 Å². The minimum Gasteiger partial charge on any atom is -0.493 e. The molecule has 0 fully saturated rings. The summed E-state index contributed by atoms with van der Waals surface area (Å²) in [6.07, 6.45) is 1.57. The molecule has 0 radical (unpaired) electrons. The van der Waals surface area contributed by atoms with Gasteiger partial charge in [-0.15, -0.1) is 11.8 Å². The van der Waals surface area contributed by atoms with Gasteiger partial charge in [-0.05, 0) is 58.2 Å². The zero-order valence-corrected chi connectivity index (χ0v) is 19.7. The minimum atomic E-state index is -0.172. The monoisotopic (exact) mass is 498 g/mol. The van der Waals surface area contributed by atoms with Gasteiger partial charge in [0.25, 0.3) is 0 Å². The molecule has 0 aliphatic heterocycles. The van der Waals surface area contributed by atoms with Crippen molar-refractivity contribution in [2.24, 2.45) is 5.10 Å². The third-order valence-corrected chi connectivity index (χ3v) is 5.87. The Morgan fingerprint density at radius 1 is 1.13 bits per heavy atom. The van der Waals surface area contributed by atoms with Gasteiger partial charge < -0.3 is 9.47 Å². The fourth-order valence-electron chi connectivity index (χ4n) is 2.67. The Kier molecular flexibility index (Phi) is 8.55. The van der Waals surface area contributed by atoms with Crippen molar-refractivity contribution >= 4 is 39.8 Å². The lowest BCUT2D eigenvalue weighted by Gasteiger charge is -2.13. The standard InChI is InChI=1S/C24H23BrN2O3S/c1-17-8-10-18(11-9-17)15-30-24-21(25)12-19(13-22(24)29-2)14-26-27-23(28)16-31-20-6-4-3-5-7-20/h3-14H,15-16H2,1-2H3,(H,27,28)/b26-14-. The van der Waals surface area contributed by atoms with Crippen LogP contribution in [0.1, 0.15) is 16.7 Å². The number of carbonyl (C=O) groups excluding carboxylic acids is 1. The Morgan fingerprint density at radius 3 is 2.58 bits per heavy atom. The number of hydrogen-bond acceptors (Lipinski definition) is 5. The Bertz CT molecular complexity index is 1040. The lowest BCUT2D eigenvalue weighted by atomic mass is 10.2. The largest absolute Gasteiger partial charge is 0.493 e. The van der Waals surface area contributed by atoms with Gasteiger partial charge in [-0.3, -0.25) is 4.79 Å². The van der Waals surface area contributed by atoms with Crippen LogP contribution in [0.4, 0.5) is 0 Å². The highest BCUT2D eigenvalue weighted by Crippen LogP contribution is 2.36. The summed E-state index contributed by atoms with van der Waals surface area (Å²) in [4.78, 5) is 13.0. The molecule has 0 aliphatic carbocycles. The molecule has 160 valence electrons. The zero-order chi connectivity index (χ0) is 22.1. The average Bonchev–Trinajstić information content (AvgIpc) is 2.78. The Labute approximate surface area is 195 Å². The van der Waals surface area contributed by atoms with E-state index in [2.05, 4.69) is 45.5 Å². The van der Waals surface area contributed by atoms with Crippen LogP contribution in [0.25, 0.3) is 0 Å². The van der Waals surface area contributed by atoms with E-state index in [1.165, 1.54) is 17.3 Å². The molecule has 0 spiro atoms. The third-order valence-electron chi connectivity index (χ3n) is 4.27. The summed E-state index contributed by atoms with van der Waals surface area (Å²) in [7, 11) is 1.59. The SMILES string of the molecule is COc1cc(/C=N\NC(=O)CSc2ccccc2)cc(Br)c1OCc1ccc(C)cc1. The van der Waals surface area contributed by atoms with E-state index in [4.69, 9.17) is 9.47 Å². The first-order valence-corrected chi connectivity index (χ1v) is 11.4. The van der Waals surface area contributed by atoms with E-state index in [9.17, 15) is 4.79 Å². The summed E-state index contributed by atoms with van der Waals surface area (Å²) in [5.41, 5.74) is 5.59. The van der Waals surface area contributed by atoms with Crippen molar-refractivity contribution < 1.29 is 14.3 Å². The first-order valence-electron chi connectivity index (χ1n) is 9.61. The molecular formula is C24H23BrN2O3S. The van der Waals surface area contributed by atoms with E-state index < -0.39 is 0 Å². The molecule has 0 unspecified atom stereocenters. The number of thioether (sulfide) groups is 1. The van der Waals surface area contributed by atoms with Crippen molar-refractivity contribution in [3.05, 3.63) is 87.9 Å². The lowest BCUT2D eigenvalue weighted by Crippen LogP contribution is -2.19. The number of benzene rings is 3. The second-order valence-corrected chi connectivity index (χ2v) is 8.61. The first kappa shape index (κ1) is 22.9. The Balaban J connectivity index is 1.58. The van der Waals surface area contributed by atoms with Gasteiger partial charge in [-0.1, -0.05) is 48.0 Å². The first-order chi connectivity index (χ1) is 15.0. The molecule has 0 saturated heterocycles. The molecule has 0 heterocycles. The smallest absolute Gasteiger partial charge is 0.250 e. The number of ether oxygens (including phenoxy) is 2. The fourth-order valence-corrected chi connectivity index (χ4v) is 3.96. The maximum absolute atomic E-state index is 12.0. The quantitative estimate of drug-likeness (QED) is 0.237. The average molecular weight is 499 g/mol. The van der Waals surface area contributed by atoms with Crippen LogP contribution in [0, 0.1) is 6.92 Å². The second-order valence-electron chi connectivity index (χ2n) is 6.70. The van der Waals surface area contributed by atoms with Gasteiger partial charge in [-0.25, -0.2) is 5.43 Å². The van der Waals surface area contributed by atoms with E-state index in [0.29, 0.717) is 23.9 Å². The minimum absolute atomic E-state index is 0.172. The highest BCUT2D eigenvalue weighted by atomic mass is 79.9. The molecule has 1 amide bonds. The van der Waals surface area contributed by atoms with Crippen molar-refractivity contribution in [3.8, 4) is 11.5 Å².